The van der Waals surface area contributed by atoms with Crippen LogP contribution in [-0.4, -0.2) is 69.3 Å². The van der Waals surface area contributed by atoms with Gasteiger partial charge < -0.3 is 20.5 Å². The fourth-order valence-electron chi connectivity index (χ4n) is 1.94. The molecule has 0 atom stereocenters. The van der Waals surface area contributed by atoms with Gasteiger partial charge in [-0.15, -0.1) is 0 Å². The van der Waals surface area contributed by atoms with E-state index < -0.39 is 57.3 Å². The number of nitrogens with zero attached hydrogens (tertiary/aromatic N) is 4. The van der Waals surface area contributed by atoms with Gasteiger partial charge in [-0.05, 0) is 54.4 Å². The third-order valence-corrected chi connectivity index (χ3v) is 4.92. The van der Waals surface area contributed by atoms with Crippen LogP contribution in [0.15, 0.2) is 0 Å². The maximum absolute atomic E-state index is 12.2. The lowest BCUT2D eigenvalue weighted by Gasteiger charge is -2.16. The van der Waals surface area contributed by atoms with Gasteiger partial charge in [-0.2, -0.15) is 9.58 Å². The number of Topliss-reactive ketones (excluding diaryl/α,β-unsaturated/α-hetero) is 4. The Morgan fingerprint density at radius 2 is 0.938 bits per heavy atom. The summed E-state index contributed by atoms with van der Waals surface area (Å²) in [7, 11) is 0. The molecule has 0 aliphatic heterocycles. The molecular weight excluding hydrogens is 424 g/mol. The van der Waals surface area contributed by atoms with Crippen LogP contribution in [0.3, 0.4) is 0 Å². The number of unbranched alkanes of at least 4 members (excludes halogenated alkanes) is 1. The van der Waals surface area contributed by atoms with Gasteiger partial charge >= 0.3 is 23.4 Å². The van der Waals surface area contributed by atoms with Crippen molar-refractivity contribution in [3.63, 3.8) is 0 Å². The largest absolute Gasteiger partial charge is 0.457 e. The first-order valence-corrected chi connectivity index (χ1v) is 9.56. The molecule has 0 bridgehead atoms. The van der Waals surface area contributed by atoms with E-state index in [4.69, 9.17) is 20.5 Å². The molecule has 0 amide bonds. The van der Waals surface area contributed by atoms with Crippen LogP contribution in [0.25, 0.3) is 11.1 Å². The highest BCUT2D eigenvalue weighted by molar-refractivity contribution is 6.65. The third-order valence-electron chi connectivity index (χ3n) is 4.92. The molecule has 12 heteroatoms. The average Bonchev–Trinajstić information content (AvgIpc) is 2.70. The third kappa shape index (κ3) is 6.97. The highest BCUT2D eigenvalue weighted by Crippen LogP contribution is 2.19. The molecule has 0 aliphatic carbocycles. The normalized spacial score (nSPS) is 10.8. The Morgan fingerprint density at radius 1 is 0.656 bits per heavy atom. The van der Waals surface area contributed by atoms with Crippen LogP contribution < -0.4 is 0 Å². The Labute approximate surface area is 184 Å². The lowest BCUT2D eigenvalue weighted by atomic mass is 9.82. The number of ketones is 4. The van der Waals surface area contributed by atoms with Gasteiger partial charge in [0.15, 0.2) is 0 Å². The van der Waals surface area contributed by atoms with Gasteiger partial charge in [0, 0.05) is 0 Å². The van der Waals surface area contributed by atoms with E-state index in [1.54, 1.807) is 0 Å². The summed E-state index contributed by atoms with van der Waals surface area (Å²) in [4.78, 5) is 76.6. The Kier molecular flexibility index (Phi) is 10.4. The van der Waals surface area contributed by atoms with Gasteiger partial charge in [0.1, 0.15) is 11.6 Å². The van der Waals surface area contributed by atoms with Crippen molar-refractivity contribution >= 4 is 46.5 Å². The van der Waals surface area contributed by atoms with Crippen molar-refractivity contribution < 1.29 is 47.8 Å². The number of hydrogen-bond donors (Lipinski definition) is 0. The Bertz CT molecular complexity index is 859. The quantitative estimate of drug-likeness (QED) is 0.0969. The predicted octanol–water partition coefficient (Wildman–Crippen LogP) is 0.563. The van der Waals surface area contributed by atoms with Crippen LogP contribution in [-0.2, 0) is 38.2 Å². The topological polar surface area (TPSA) is 194 Å². The first-order chi connectivity index (χ1) is 14.7. The maximum atomic E-state index is 12.2. The highest BCUT2D eigenvalue weighted by atomic mass is 16.5. The molecule has 12 nitrogen and oxygen atoms in total. The van der Waals surface area contributed by atoms with Crippen LogP contribution in [0.2, 0.25) is 0 Å². The SMILES string of the molecule is CC(=O)C(C)(C)C(=O)C(=[N+]=[N-])C(=O)OCCCCOC(=O)C(=[N+]=[N-])C(=O)C(C)(C)C(C)=O. The molecule has 0 heterocycles. The van der Waals surface area contributed by atoms with E-state index in [0.29, 0.717) is 0 Å². The molecule has 0 rings (SSSR count). The number of carbonyl (C=O) groups is 6. The van der Waals surface area contributed by atoms with Gasteiger partial charge in [-0.25, -0.2) is 9.59 Å². The fourth-order valence-corrected chi connectivity index (χ4v) is 1.94. The molecule has 0 unspecified atom stereocenters. The second-order valence-electron chi connectivity index (χ2n) is 7.90. The summed E-state index contributed by atoms with van der Waals surface area (Å²) in [6.07, 6.45) is 0.307. The number of carbonyl (C=O) groups excluding carboxylic acids is 6. The second kappa shape index (κ2) is 11.7. The highest BCUT2D eigenvalue weighted by Gasteiger charge is 2.45. The number of esters is 2. The Hall–Kier alpha value is -3.62. The van der Waals surface area contributed by atoms with Crippen molar-refractivity contribution in [2.75, 3.05) is 13.2 Å². The lowest BCUT2D eigenvalue weighted by Crippen LogP contribution is -2.41. The maximum Gasteiger partial charge on any atom is 0.442 e. The average molecular weight is 450 g/mol. The minimum absolute atomic E-state index is 0.153. The van der Waals surface area contributed by atoms with Gasteiger partial charge in [0.05, 0.1) is 24.0 Å². The first-order valence-electron chi connectivity index (χ1n) is 9.56. The number of hydrogen-bond acceptors (Lipinski definition) is 8. The summed E-state index contributed by atoms with van der Waals surface area (Å²) in [6.45, 7) is 6.93. The summed E-state index contributed by atoms with van der Waals surface area (Å²) >= 11 is 0. The molecule has 0 N–H and O–H groups in total. The van der Waals surface area contributed by atoms with Gasteiger partial charge in [0.25, 0.3) is 11.6 Å². The van der Waals surface area contributed by atoms with E-state index in [-0.39, 0.29) is 26.1 Å². The number of ether oxygens (including phenoxy) is 2. The summed E-state index contributed by atoms with van der Waals surface area (Å²) < 4.78 is 9.64. The minimum atomic E-state index is -1.57. The summed E-state index contributed by atoms with van der Waals surface area (Å²) in [5.74, 6) is -5.52. The summed E-state index contributed by atoms with van der Waals surface area (Å²) in [5.41, 5.74) is 12.9. The monoisotopic (exact) mass is 450 g/mol. The zero-order valence-corrected chi connectivity index (χ0v) is 18.9. The molecule has 0 fully saturated rings. The van der Waals surface area contributed by atoms with Crippen molar-refractivity contribution in [3.05, 3.63) is 11.1 Å². The zero-order chi connectivity index (χ0) is 25.3. The van der Waals surface area contributed by atoms with Crippen molar-refractivity contribution in [2.45, 2.75) is 54.4 Å². The lowest BCUT2D eigenvalue weighted by molar-refractivity contribution is -0.147. The van der Waals surface area contributed by atoms with Crippen LogP contribution in [0, 0.1) is 10.8 Å². The minimum Gasteiger partial charge on any atom is -0.457 e. The standard InChI is InChI=1S/C20H26N4O8/c1-11(25)19(3,4)15(27)13(23-21)17(29)31-9-7-8-10-32-18(30)14(24-22)16(28)20(5,6)12(2)26/h7-10H2,1-6H3. The van der Waals surface area contributed by atoms with Crippen molar-refractivity contribution in [1.29, 1.82) is 0 Å². The zero-order valence-electron chi connectivity index (χ0n) is 18.9. The van der Waals surface area contributed by atoms with E-state index >= 15 is 0 Å². The molecule has 0 aliphatic rings. The molecule has 0 aromatic rings. The van der Waals surface area contributed by atoms with E-state index in [1.807, 2.05) is 0 Å². The molecule has 0 aromatic heterocycles. The molecule has 32 heavy (non-hydrogen) atoms. The predicted molar refractivity (Wildman–Crippen MR) is 107 cm³/mol. The molecular formula is C20H26N4O8. The molecule has 174 valence electrons. The molecule has 0 saturated heterocycles. The van der Waals surface area contributed by atoms with Crippen LogP contribution in [0.4, 0.5) is 0 Å². The number of rotatable bonds is 13. The fraction of sp³-hybridized carbons (Fsp3) is 0.600. The van der Waals surface area contributed by atoms with E-state index in [9.17, 15) is 28.8 Å². The smallest absolute Gasteiger partial charge is 0.442 e. The molecule has 0 aromatic carbocycles. The van der Waals surface area contributed by atoms with Crippen molar-refractivity contribution in [3.8, 4) is 0 Å². The van der Waals surface area contributed by atoms with E-state index in [2.05, 4.69) is 9.58 Å². The summed E-state index contributed by atoms with van der Waals surface area (Å²) in [6, 6.07) is 0. The molecule has 0 spiro atoms. The molecule has 0 saturated carbocycles. The second-order valence-corrected chi connectivity index (χ2v) is 7.90. The molecule has 0 radical (unpaired) electrons. The van der Waals surface area contributed by atoms with E-state index in [0.717, 1.165) is 13.8 Å². The van der Waals surface area contributed by atoms with Crippen LogP contribution >= 0.6 is 0 Å². The van der Waals surface area contributed by atoms with Crippen molar-refractivity contribution in [1.82, 2.24) is 0 Å². The van der Waals surface area contributed by atoms with Gasteiger partial charge in [0.2, 0.25) is 0 Å². The van der Waals surface area contributed by atoms with Crippen molar-refractivity contribution in [2.24, 2.45) is 10.8 Å². The van der Waals surface area contributed by atoms with Crippen LogP contribution in [0.1, 0.15) is 54.4 Å². The van der Waals surface area contributed by atoms with Crippen LogP contribution in [0.5, 0.6) is 0 Å². The van der Waals surface area contributed by atoms with E-state index in [1.165, 1.54) is 27.7 Å². The van der Waals surface area contributed by atoms with Gasteiger partial charge in [-0.1, -0.05) is 0 Å². The first kappa shape index (κ1) is 28.4. The van der Waals surface area contributed by atoms with Gasteiger partial charge in [-0.3, -0.25) is 19.2 Å². The Balaban J connectivity index is 4.67. The Morgan fingerprint density at radius 3 is 1.16 bits per heavy atom. The summed E-state index contributed by atoms with van der Waals surface area (Å²) in [5, 5.41) is 0.